The number of aryl methyl sites for hydroxylation is 2. The second kappa shape index (κ2) is 7.73. The van der Waals surface area contributed by atoms with Crippen LogP contribution in [0, 0.1) is 13.8 Å². The number of H-pyrrole nitrogens is 1. The molecule has 0 bridgehead atoms. The van der Waals surface area contributed by atoms with Gasteiger partial charge in [0.15, 0.2) is 0 Å². The second-order valence-corrected chi connectivity index (χ2v) is 7.03. The lowest BCUT2D eigenvalue weighted by Crippen LogP contribution is -2.32. The Morgan fingerprint density at radius 1 is 1.27 bits per heavy atom. The molecule has 0 unspecified atom stereocenters. The summed E-state index contributed by atoms with van der Waals surface area (Å²) in [7, 11) is 1.89. The molecule has 0 saturated heterocycles. The number of hydrogen-bond donors (Lipinski definition) is 1. The highest BCUT2D eigenvalue weighted by Gasteiger charge is 2.25. The molecular formula is C22H27N3O. The summed E-state index contributed by atoms with van der Waals surface area (Å²) < 4.78 is 0. The van der Waals surface area contributed by atoms with Crippen LogP contribution in [0.5, 0.6) is 0 Å². The van der Waals surface area contributed by atoms with Gasteiger partial charge in [-0.3, -0.25) is 9.78 Å². The maximum atomic E-state index is 13.3. The van der Waals surface area contributed by atoms with Crippen LogP contribution >= 0.6 is 0 Å². The number of rotatable bonds is 6. The van der Waals surface area contributed by atoms with Crippen molar-refractivity contribution in [1.29, 1.82) is 0 Å². The zero-order valence-electron chi connectivity index (χ0n) is 16.0. The van der Waals surface area contributed by atoms with Crippen LogP contribution in [0.4, 0.5) is 0 Å². The van der Waals surface area contributed by atoms with Crippen LogP contribution in [0.25, 0.3) is 10.9 Å². The molecule has 0 spiro atoms. The van der Waals surface area contributed by atoms with Gasteiger partial charge in [-0.15, -0.1) is 0 Å². The normalized spacial score (nSPS) is 12.3. The topological polar surface area (TPSA) is 49.0 Å². The van der Waals surface area contributed by atoms with Crippen molar-refractivity contribution in [1.82, 2.24) is 14.9 Å². The molecule has 4 nitrogen and oxygen atoms in total. The predicted octanol–water partition coefficient (Wildman–Crippen LogP) is 5.18. The summed E-state index contributed by atoms with van der Waals surface area (Å²) >= 11 is 0. The summed E-state index contributed by atoms with van der Waals surface area (Å²) in [5, 5.41) is 1.12. The summed E-state index contributed by atoms with van der Waals surface area (Å²) in [5.74, 6) is 0.0290. The average molecular weight is 349 g/mol. The lowest BCUT2D eigenvalue weighted by molar-refractivity contribution is 0.0714. The second-order valence-electron chi connectivity index (χ2n) is 7.03. The van der Waals surface area contributed by atoms with E-state index < -0.39 is 0 Å². The molecule has 3 aromatic rings. The van der Waals surface area contributed by atoms with Crippen LogP contribution in [0.15, 0.2) is 42.7 Å². The molecule has 2 heterocycles. The number of nitrogens with one attached hydrogen (secondary N) is 1. The van der Waals surface area contributed by atoms with E-state index in [4.69, 9.17) is 0 Å². The molecule has 1 atom stereocenters. The van der Waals surface area contributed by atoms with Gasteiger partial charge in [0, 0.05) is 30.3 Å². The molecule has 1 amide bonds. The van der Waals surface area contributed by atoms with Gasteiger partial charge in [-0.1, -0.05) is 37.5 Å². The third-order valence-electron chi connectivity index (χ3n) is 5.12. The van der Waals surface area contributed by atoms with E-state index >= 15 is 0 Å². The van der Waals surface area contributed by atoms with E-state index in [0.29, 0.717) is 5.69 Å². The Balaban J connectivity index is 1.95. The lowest BCUT2D eigenvalue weighted by Gasteiger charge is -2.28. The Labute approximate surface area is 155 Å². The molecular weight excluding hydrogens is 322 g/mol. The average Bonchev–Trinajstić information content (AvgIpc) is 2.98. The molecule has 136 valence electrons. The van der Waals surface area contributed by atoms with Crippen LogP contribution < -0.4 is 0 Å². The summed E-state index contributed by atoms with van der Waals surface area (Å²) in [6.07, 6.45) is 6.74. The first kappa shape index (κ1) is 18.2. The third kappa shape index (κ3) is 3.50. The first-order valence-electron chi connectivity index (χ1n) is 9.29. The number of aromatic amines is 1. The van der Waals surface area contributed by atoms with Crippen LogP contribution in [0.1, 0.15) is 59.4 Å². The highest BCUT2D eigenvalue weighted by atomic mass is 16.2. The van der Waals surface area contributed by atoms with E-state index in [1.807, 2.05) is 37.2 Å². The lowest BCUT2D eigenvalue weighted by atomic mass is 10.0. The summed E-state index contributed by atoms with van der Waals surface area (Å²) in [5.41, 5.74) is 4.99. The van der Waals surface area contributed by atoms with Gasteiger partial charge in [0.1, 0.15) is 5.69 Å². The van der Waals surface area contributed by atoms with Gasteiger partial charge in [-0.2, -0.15) is 0 Å². The summed E-state index contributed by atoms with van der Waals surface area (Å²) in [4.78, 5) is 22.7. The number of carbonyl (C=O) groups is 1. The number of amides is 1. The van der Waals surface area contributed by atoms with Gasteiger partial charge in [0.2, 0.25) is 0 Å². The van der Waals surface area contributed by atoms with Crippen molar-refractivity contribution in [3.05, 3.63) is 65.1 Å². The van der Waals surface area contributed by atoms with Gasteiger partial charge in [-0.25, -0.2) is 0 Å². The Morgan fingerprint density at radius 2 is 2.08 bits per heavy atom. The fraction of sp³-hybridized carbons (Fsp3) is 0.364. The van der Waals surface area contributed by atoms with E-state index in [-0.39, 0.29) is 11.9 Å². The Kier molecular flexibility index (Phi) is 5.40. The van der Waals surface area contributed by atoms with Gasteiger partial charge < -0.3 is 9.88 Å². The number of benzene rings is 1. The molecule has 1 N–H and O–H groups in total. The molecule has 0 radical (unpaired) electrons. The molecule has 0 saturated carbocycles. The third-order valence-corrected chi connectivity index (χ3v) is 5.12. The monoisotopic (exact) mass is 349 g/mol. The van der Waals surface area contributed by atoms with E-state index in [1.54, 1.807) is 6.20 Å². The van der Waals surface area contributed by atoms with Gasteiger partial charge >= 0.3 is 0 Å². The zero-order chi connectivity index (χ0) is 18.7. The van der Waals surface area contributed by atoms with E-state index in [0.717, 1.165) is 41.3 Å². The van der Waals surface area contributed by atoms with Crippen LogP contribution in [0.3, 0.4) is 0 Å². The van der Waals surface area contributed by atoms with Crippen molar-refractivity contribution in [2.24, 2.45) is 0 Å². The first-order chi connectivity index (χ1) is 12.5. The van der Waals surface area contributed by atoms with E-state index in [2.05, 4.69) is 42.0 Å². The molecule has 3 rings (SSSR count). The van der Waals surface area contributed by atoms with Gasteiger partial charge in [-0.05, 0) is 49.6 Å². The summed E-state index contributed by atoms with van der Waals surface area (Å²) in [6, 6.07) is 10.3. The van der Waals surface area contributed by atoms with Gasteiger partial charge in [0.25, 0.3) is 5.91 Å². The van der Waals surface area contributed by atoms with Crippen molar-refractivity contribution in [2.75, 3.05) is 7.05 Å². The number of unbranched alkanes of at least 4 members (excludes halogenated alkanes) is 1. The molecule has 0 aliphatic heterocycles. The molecule has 1 aromatic carbocycles. The molecule has 0 aliphatic carbocycles. The number of hydrogen-bond acceptors (Lipinski definition) is 2. The highest BCUT2D eigenvalue weighted by Crippen LogP contribution is 2.29. The molecule has 0 aliphatic rings. The highest BCUT2D eigenvalue weighted by molar-refractivity contribution is 6.01. The van der Waals surface area contributed by atoms with E-state index in [1.165, 1.54) is 5.56 Å². The van der Waals surface area contributed by atoms with E-state index in [9.17, 15) is 4.79 Å². The zero-order valence-corrected chi connectivity index (χ0v) is 16.0. The summed E-state index contributed by atoms with van der Waals surface area (Å²) in [6.45, 7) is 6.26. The largest absolute Gasteiger partial charge is 0.350 e. The number of pyridine rings is 1. The van der Waals surface area contributed by atoms with Crippen LogP contribution in [-0.2, 0) is 0 Å². The number of nitrogens with zero attached hydrogens (tertiary/aromatic N) is 2. The minimum atomic E-state index is 0.0290. The first-order valence-corrected chi connectivity index (χ1v) is 9.29. The fourth-order valence-corrected chi connectivity index (χ4v) is 3.53. The Bertz CT molecular complexity index is 898. The number of aromatic nitrogens is 2. The minimum absolute atomic E-state index is 0.0290. The maximum Gasteiger partial charge on any atom is 0.270 e. The van der Waals surface area contributed by atoms with Crippen molar-refractivity contribution in [3.8, 4) is 0 Å². The molecule has 26 heavy (non-hydrogen) atoms. The Morgan fingerprint density at radius 3 is 2.77 bits per heavy atom. The minimum Gasteiger partial charge on any atom is -0.350 e. The van der Waals surface area contributed by atoms with Crippen molar-refractivity contribution in [3.63, 3.8) is 0 Å². The van der Waals surface area contributed by atoms with Gasteiger partial charge in [0.05, 0.1) is 6.04 Å². The maximum absolute atomic E-state index is 13.3. The smallest absolute Gasteiger partial charge is 0.270 e. The van der Waals surface area contributed by atoms with Crippen molar-refractivity contribution in [2.45, 2.75) is 46.1 Å². The number of fused-ring (bicyclic) bond motifs is 1. The fourth-order valence-electron chi connectivity index (χ4n) is 3.53. The SMILES string of the molecule is CCCC[C@H](c1cccnc1)N(C)C(=O)c1[nH]c2ccc(C)cc2c1C. The molecule has 2 aromatic heterocycles. The number of carbonyl (C=O) groups excluding carboxylic acids is 1. The molecule has 0 fully saturated rings. The predicted molar refractivity (Wildman–Crippen MR) is 106 cm³/mol. The Hall–Kier alpha value is -2.62. The molecule has 4 heteroatoms. The van der Waals surface area contributed by atoms with Crippen molar-refractivity contribution >= 4 is 16.8 Å². The quantitative estimate of drug-likeness (QED) is 0.666. The van der Waals surface area contributed by atoms with Crippen LogP contribution in [0.2, 0.25) is 0 Å². The standard InChI is InChI=1S/C22H27N3O/c1-5-6-9-20(17-8-7-12-23-14-17)25(4)22(26)21-16(3)18-13-15(2)10-11-19(18)24-21/h7-8,10-14,20,24H,5-6,9H2,1-4H3/t20-/m1/s1. The van der Waals surface area contributed by atoms with Crippen molar-refractivity contribution < 1.29 is 4.79 Å². The van der Waals surface area contributed by atoms with Crippen LogP contribution in [-0.4, -0.2) is 27.8 Å².